The van der Waals surface area contributed by atoms with Crippen molar-refractivity contribution in [3.63, 3.8) is 0 Å². The second-order valence-corrected chi connectivity index (χ2v) is 4.76. The Morgan fingerprint density at radius 3 is 2.35 bits per heavy atom. The summed E-state index contributed by atoms with van der Waals surface area (Å²) in [6.45, 7) is 6.63. The molecule has 17 heavy (non-hydrogen) atoms. The van der Waals surface area contributed by atoms with Crippen molar-refractivity contribution in [2.75, 3.05) is 13.6 Å². The van der Waals surface area contributed by atoms with Gasteiger partial charge in [-0.25, -0.2) is 9.59 Å². The molecule has 0 rings (SSSR count). The molecule has 5 nitrogen and oxygen atoms in total. The molecule has 0 spiro atoms. The van der Waals surface area contributed by atoms with E-state index in [1.54, 1.807) is 7.05 Å². The van der Waals surface area contributed by atoms with Crippen molar-refractivity contribution < 1.29 is 14.7 Å². The first kappa shape index (κ1) is 15.7. The number of urea groups is 1. The number of amides is 2. The number of aliphatic carboxylic acids is 1. The van der Waals surface area contributed by atoms with Crippen molar-refractivity contribution >= 4 is 12.0 Å². The third-order valence-electron chi connectivity index (χ3n) is 2.43. The molecule has 1 atom stereocenters. The first-order chi connectivity index (χ1) is 7.88. The van der Waals surface area contributed by atoms with Crippen molar-refractivity contribution in [1.29, 1.82) is 0 Å². The lowest BCUT2D eigenvalue weighted by Crippen LogP contribution is -2.47. The van der Waals surface area contributed by atoms with Crippen molar-refractivity contribution in [3.05, 3.63) is 0 Å². The smallest absolute Gasteiger partial charge is 0.326 e. The van der Waals surface area contributed by atoms with Gasteiger partial charge in [-0.3, -0.25) is 0 Å². The van der Waals surface area contributed by atoms with Crippen LogP contribution in [0, 0.1) is 5.92 Å². The van der Waals surface area contributed by atoms with E-state index < -0.39 is 12.0 Å². The van der Waals surface area contributed by atoms with Crippen LogP contribution in [-0.4, -0.2) is 41.6 Å². The third-order valence-corrected chi connectivity index (χ3v) is 2.43. The highest BCUT2D eigenvalue weighted by atomic mass is 16.4. The molecule has 0 fully saturated rings. The minimum absolute atomic E-state index is 0.317. The van der Waals surface area contributed by atoms with Crippen molar-refractivity contribution in [3.8, 4) is 0 Å². The Morgan fingerprint density at radius 2 is 1.94 bits per heavy atom. The highest BCUT2D eigenvalue weighted by Crippen LogP contribution is 2.03. The Bertz CT molecular complexity index is 254. The van der Waals surface area contributed by atoms with Gasteiger partial charge in [-0.15, -0.1) is 0 Å². The summed E-state index contributed by atoms with van der Waals surface area (Å²) in [7, 11) is 1.67. The molecule has 0 aromatic rings. The maximum atomic E-state index is 11.7. The molecule has 5 heteroatoms. The summed E-state index contributed by atoms with van der Waals surface area (Å²) in [5.74, 6) is -0.602. The Hall–Kier alpha value is -1.26. The molecule has 1 unspecified atom stereocenters. The van der Waals surface area contributed by atoms with E-state index in [9.17, 15) is 9.59 Å². The molecule has 0 aliphatic heterocycles. The molecule has 2 amide bonds. The molecule has 0 aliphatic rings. The van der Waals surface area contributed by atoms with Crippen LogP contribution in [0.3, 0.4) is 0 Å². The second-order valence-electron chi connectivity index (χ2n) is 4.76. The monoisotopic (exact) mass is 244 g/mol. The van der Waals surface area contributed by atoms with Crippen LogP contribution in [0.15, 0.2) is 0 Å². The number of carbonyl (C=O) groups excluding carboxylic acids is 1. The summed E-state index contributed by atoms with van der Waals surface area (Å²) in [4.78, 5) is 24.2. The van der Waals surface area contributed by atoms with Gasteiger partial charge >= 0.3 is 12.0 Å². The van der Waals surface area contributed by atoms with Crippen LogP contribution >= 0.6 is 0 Å². The Morgan fingerprint density at radius 1 is 1.35 bits per heavy atom. The topological polar surface area (TPSA) is 69.6 Å². The van der Waals surface area contributed by atoms with Gasteiger partial charge in [0.1, 0.15) is 6.04 Å². The summed E-state index contributed by atoms with van der Waals surface area (Å²) in [6.07, 6.45) is 2.19. The standard InChI is InChI=1S/C12H24N2O3/c1-5-6-7-10(11(15)16)13-12(17)14(4)8-9(2)3/h9-10H,5-8H2,1-4H3,(H,13,17)(H,15,16). The van der Waals surface area contributed by atoms with Gasteiger partial charge in [-0.05, 0) is 12.3 Å². The average Bonchev–Trinajstić information content (AvgIpc) is 2.22. The van der Waals surface area contributed by atoms with Crippen molar-refractivity contribution in [1.82, 2.24) is 10.2 Å². The largest absolute Gasteiger partial charge is 0.480 e. The van der Waals surface area contributed by atoms with Crippen LogP contribution in [0.4, 0.5) is 4.79 Å². The molecule has 2 N–H and O–H groups in total. The van der Waals surface area contributed by atoms with Crippen LogP contribution in [0.5, 0.6) is 0 Å². The Labute approximate surface area is 103 Å². The number of carbonyl (C=O) groups is 2. The van der Waals surface area contributed by atoms with E-state index in [-0.39, 0.29) is 6.03 Å². The zero-order valence-corrected chi connectivity index (χ0v) is 11.2. The number of nitrogens with one attached hydrogen (secondary N) is 1. The average molecular weight is 244 g/mol. The van der Waals surface area contributed by atoms with E-state index in [2.05, 4.69) is 5.32 Å². The molecule has 0 heterocycles. The Kier molecular flexibility index (Phi) is 7.34. The molecule has 0 bridgehead atoms. The maximum Gasteiger partial charge on any atom is 0.326 e. The van der Waals surface area contributed by atoms with E-state index in [1.807, 2.05) is 20.8 Å². The SMILES string of the molecule is CCCCC(NC(=O)N(C)CC(C)C)C(=O)O. The fraction of sp³-hybridized carbons (Fsp3) is 0.833. The second kappa shape index (κ2) is 7.92. The molecule has 0 aromatic carbocycles. The lowest BCUT2D eigenvalue weighted by atomic mass is 10.1. The zero-order chi connectivity index (χ0) is 13.4. The van der Waals surface area contributed by atoms with Gasteiger partial charge in [0.25, 0.3) is 0 Å². The molecule has 0 saturated heterocycles. The predicted molar refractivity (Wildman–Crippen MR) is 66.9 cm³/mol. The quantitative estimate of drug-likeness (QED) is 0.719. The van der Waals surface area contributed by atoms with Crippen LogP contribution in [-0.2, 0) is 4.79 Å². The van der Waals surface area contributed by atoms with Crippen LogP contribution in [0.2, 0.25) is 0 Å². The molecule has 100 valence electrons. The maximum absolute atomic E-state index is 11.7. The van der Waals surface area contributed by atoms with Gasteiger partial charge in [0.15, 0.2) is 0 Å². The highest BCUT2D eigenvalue weighted by Gasteiger charge is 2.21. The van der Waals surface area contributed by atoms with Gasteiger partial charge in [-0.2, -0.15) is 0 Å². The van der Waals surface area contributed by atoms with Crippen LogP contribution in [0.25, 0.3) is 0 Å². The number of hydrogen-bond acceptors (Lipinski definition) is 2. The predicted octanol–water partition coefficient (Wildman–Crippen LogP) is 1.93. The fourth-order valence-electron chi connectivity index (χ4n) is 1.56. The number of hydrogen-bond donors (Lipinski definition) is 2. The van der Waals surface area contributed by atoms with Gasteiger partial charge in [0, 0.05) is 13.6 Å². The lowest BCUT2D eigenvalue weighted by Gasteiger charge is -2.22. The number of carboxylic acid groups (broad SMARTS) is 1. The molecule has 0 saturated carbocycles. The van der Waals surface area contributed by atoms with Crippen molar-refractivity contribution in [2.45, 2.75) is 46.1 Å². The van der Waals surface area contributed by atoms with E-state index in [0.29, 0.717) is 18.9 Å². The first-order valence-corrected chi connectivity index (χ1v) is 6.12. The number of carboxylic acids is 1. The van der Waals surface area contributed by atoms with Gasteiger partial charge < -0.3 is 15.3 Å². The van der Waals surface area contributed by atoms with E-state index in [0.717, 1.165) is 12.8 Å². The van der Waals surface area contributed by atoms with Gasteiger partial charge in [0.05, 0.1) is 0 Å². The summed E-state index contributed by atoms with van der Waals surface area (Å²) >= 11 is 0. The minimum atomic E-state index is -0.968. The molecule has 0 radical (unpaired) electrons. The van der Waals surface area contributed by atoms with E-state index in [1.165, 1.54) is 4.90 Å². The summed E-state index contributed by atoms with van der Waals surface area (Å²) in [5, 5.41) is 11.5. The summed E-state index contributed by atoms with van der Waals surface area (Å²) < 4.78 is 0. The summed E-state index contributed by atoms with van der Waals surface area (Å²) in [5.41, 5.74) is 0. The number of unbranched alkanes of at least 4 members (excludes halogenated alkanes) is 1. The number of nitrogens with zero attached hydrogens (tertiary/aromatic N) is 1. The number of rotatable bonds is 7. The third kappa shape index (κ3) is 6.81. The van der Waals surface area contributed by atoms with E-state index >= 15 is 0 Å². The highest BCUT2D eigenvalue weighted by molar-refractivity contribution is 5.82. The zero-order valence-electron chi connectivity index (χ0n) is 11.2. The van der Waals surface area contributed by atoms with Crippen LogP contribution in [0.1, 0.15) is 40.0 Å². The normalized spacial score (nSPS) is 12.3. The van der Waals surface area contributed by atoms with E-state index in [4.69, 9.17) is 5.11 Å². The Balaban J connectivity index is 4.24. The van der Waals surface area contributed by atoms with Gasteiger partial charge in [-0.1, -0.05) is 33.6 Å². The molecular formula is C12H24N2O3. The molecule has 0 aliphatic carbocycles. The van der Waals surface area contributed by atoms with Gasteiger partial charge in [0.2, 0.25) is 0 Å². The van der Waals surface area contributed by atoms with Crippen molar-refractivity contribution in [2.24, 2.45) is 5.92 Å². The molecule has 0 aromatic heterocycles. The lowest BCUT2D eigenvalue weighted by molar-refractivity contribution is -0.139. The molecular weight excluding hydrogens is 220 g/mol. The fourth-order valence-corrected chi connectivity index (χ4v) is 1.56. The first-order valence-electron chi connectivity index (χ1n) is 6.12. The minimum Gasteiger partial charge on any atom is -0.480 e. The summed E-state index contributed by atoms with van der Waals surface area (Å²) in [6, 6.07) is -1.10. The van der Waals surface area contributed by atoms with Crippen LogP contribution < -0.4 is 5.32 Å².